The number of amides is 2. The number of benzene rings is 1. The van der Waals surface area contributed by atoms with Gasteiger partial charge < -0.3 is 10.6 Å². The molecule has 2 heterocycles. The van der Waals surface area contributed by atoms with E-state index in [2.05, 4.69) is 37.9 Å². The molecule has 0 radical (unpaired) electrons. The normalized spacial score (nSPS) is 13.2. The molecule has 1 aliphatic rings. The van der Waals surface area contributed by atoms with Gasteiger partial charge in [-0.3, -0.25) is 9.59 Å². The number of thiazole rings is 1. The minimum Gasteiger partial charge on any atom is -0.350 e. The molecule has 2 aromatic heterocycles. The number of carbonyl (C=O) groups is 2. The van der Waals surface area contributed by atoms with Crippen molar-refractivity contribution in [1.82, 2.24) is 20.5 Å². The zero-order valence-corrected chi connectivity index (χ0v) is 18.6. The number of aromatic nitrogens is 3. The third-order valence-electron chi connectivity index (χ3n) is 4.40. The van der Waals surface area contributed by atoms with E-state index >= 15 is 0 Å². The van der Waals surface area contributed by atoms with Crippen LogP contribution in [0, 0.1) is 0 Å². The van der Waals surface area contributed by atoms with Gasteiger partial charge in [0.1, 0.15) is 0 Å². The Bertz CT molecular complexity index is 1000. The van der Waals surface area contributed by atoms with Crippen LogP contribution in [-0.4, -0.2) is 27.0 Å². The van der Waals surface area contributed by atoms with Gasteiger partial charge in [-0.15, -0.1) is 21.5 Å². The molecule has 7 nitrogen and oxygen atoms in total. The molecule has 3 aromatic rings. The lowest BCUT2D eigenvalue weighted by Gasteiger charge is -2.03. The predicted molar refractivity (Wildman–Crippen MR) is 120 cm³/mol. The number of carbonyl (C=O) groups excluding carboxylic acids is 2. The van der Waals surface area contributed by atoms with Crippen LogP contribution in [-0.2, 0) is 21.9 Å². The molecule has 0 atom stereocenters. The van der Waals surface area contributed by atoms with Gasteiger partial charge in [0.2, 0.25) is 16.9 Å². The summed E-state index contributed by atoms with van der Waals surface area (Å²) in [5.74, 6) is 1.01. The number of hydrogen-bond acceptors (Lipinski definition) is 8. The van der Waals surface area contributed by atoms with Gasteiger partial charge in [-0.1, -0.05) is 53.4 Å². The molecule has 0 bridgehead atoms. The van der Waals surface area contributed by atoms with Crippen molar-refractivity contribution in [1.29, 1.82) is 0 Å². The summed E-state index contributed by atoms with van der Waals surface area (Å²) in [5, 5.41) is 17.2. The van der Waals surface area contributed by atoms with E-state index in [1.165, 1.54) is 29.7 Å². The Hall–Kier alpha value is -2.30. The summed E-state index contributed by atoms with van der Waals surface area (Å²) in [6, 6.07) is 10.1. The van der Waals surface area contributed by atoms with Crippen molar-refractivity contribution in [2.24, 2.45) is 0 Å². The molecule has 156 valence electrons. The summed E-state index contributed by atoms with van der Waals surface area (Å²) in [7, 11) is 0. The first kappa shape index (κ1) is 21.0. The molecule has 30 heavy (non-hydrogen) atoms. The maximum atomic E-state index is 12.1. The van der Waals surface area contributed by atoms with Crippen molar-refractivity contribution < 1.29 is 9.59 Å². The van der Waals surface area contributed by atoms with Gasteiger partial charge in [-0.2, -0.15) is 0 Å². The Morgan fingerprint density at radius 1 is 1.10 bits per heavy atom. The lowest BCUT2D eigenvalue weighted by atomic mass is 10.2. The van der Waals surface area contributed by atoms with Crippen molar-refractivity contribution in [3.05, 3.63) is 52.0 Å². The molecule has 10 heteroatoms. The molecular weight excluding hydrogens is 438 g/mol. The fourth-order valence-electron chi connectivity index (χ4n) is 2.65. The molecule has 2 N–H and O–H groups in total. The van der Waals surface area contributed by atoms with Gasteiger partial charge in [-0.25, -0.2) is 4.98 Å². The fourth-order valence-corrected chi connectivity index (χ4v) is 5.36. The summed E-state index contributed by atoms with van der Waals surface area (Å²) in [4.78, 5) is 28.6. The smallest absolute Gasteiger partial charge is 0.226 e. The highest BCUT2D eigenvalue weighted by Crippen LogP contribution is 2.41. The second-order valence-corrected chi connectivity index (χ2v) is 10.0. The van der Waals surface area contributed by atoms with Gasteiger partial charge in [0, 0.05) is 29.9 Å². The van der Waals surface area contributed by atoms with Crippen LogP contribution in [0.25, 0.3) is 0 Å². The lowest BCUT2D eigenvalue weighted by molar-refractivity contribution is -0.124. The summed E-state index contributed by atoms with van der Waals surface area (Å²) in [6.45, 7) is 0.405. The van der Waals surface area contributed by atoms with Crippen LogP contribution in [0.15, 0.2) is 40.1 Å². The molecule has 1 fully saturated rings. The highest BCUT2D eigenvalue weighted by Gasteiger charge is 2.26. The van der Waals surface area contributed by atoms with Crippen molar-refractivity contribution in [2.45, 2.75) is 48.2 Å². The SMILES string of the molecule is O=C(CCC(=O)Nc1nnc(SCc2ccccc2)s1)NCc1csc(C2CC2)n1. The average Bonchev–Trinajstić information content (AvgIpc) is 3.33. The maximum Gasteiger partial charge on any atom is 0.226 e. The van der Waals surface area contributed by atoms with E-state index in [9.17, 15) is 9.59 Å². The molecule has 0 unspecified atom stereocenters. The van der Waals surface area contributed by atoms with Gasteiger partial charge in [0.15, 0.2) is 4.34 Å². The van der Waals surface area contributed by atoms with Gasteiger partial charge in [-0.05, 0) is 18.4 Å². The van der Waals surface area contributed by atoms with E-state index in [4.69, 9.17) is 0 Å². The van der Waals surface area contributed by atoms with Gasteiger partial charge in [0.25, 0.3) is 0 Å². The Balaban J connectivity index is 1.14. The zero-order valence-electron chi connectivity index (χ0n) is 16.2. The standard InChI is InChI=1S/C20H21N5O2S3/c26-16(21-10-15-12-28-18(22-15)14-6-7-14)8-9-17(27)23-19-24-25-20(30-19)29-11-13-4-2-1-3-5-13/h1-5,12,14H,6-11H2,(H,21,26)(H,23,24,27). The summed E-state index contributed by atoms with van der Waals surface area (Å²) in [5.41, 5.74) is 2.09. The highest BCUT2D eigenvalue weighted by molar-refractivity contribution is 8.00. The van der Waals surface area contributed by atoms with Gasteiger partial charge >= 0.3 is 0 Å². The Labute approximate surface area is 186 Å². The molecule has 1 aromatic carbocycles. The molecule has 1 saturated carbocycles. The summed E-state index contributed by atoms with van der Waals surface area (Å²) in [6.07, 6.45) is 2.66. The van der Waals surface area contributed by atoms with Crippen LogP contribution < -0.4 is 10.6 Å². The van der Waals surface area contributed by atoms with Crippen LogP contribution in [0.4, 0.5) is 5.13 Å². The molecule has 0 aliphatic heterocycles. The monoisotopic (exact) mass is 459 g/mol. The Morgan fingerprint density at radius 3 is 2.70 bits per heavy atom. The largest absolute Gasteiger partial charge is 0.350 e. The van der Waals surface area contributed by atoms with E-state index in [1.807, 2.05) is 23.6 Å². The van der Waals surface area contributed by atoms with Crippen molar-refractivity contribution in [2.75, 3.05) is 5.32 Å². The summed E-state index contributed by atoms with van der Waals surface area (Å²) >= 11 is 4.56. The third-order valence-corrected chi connectivity index (χ3v) is 7.50. The Kier molecular flexibility index (Phi) is 7.08. The molecule has 2 amide bonds. The van der Waals surface area contributed by atoms with E-state index in [-0.39, 0.29) is 24.7 Å². The number of thioether (sulfide) groups is 1. The molecule has 0 saturated heterocycles. The van der Waals surface area contributed by atoms with E-state index < -0.39 is 0 Å². The number of rotatable bonds is 10. The van der Waals surface area contributed by atoms with E-state index in [0.717, 1.165) is 20.8 Å². The first-order chi connectivity index (χ1) is 14.7. The minimum absolute atomic E-state index is 0.0995. The molecule has 0 spiro atoms. The van der Waals surface area contributed by atoms with Crippen LogP contribution in [0.3, 0.4) is 0 Å². The second-order valence-electron chi connectivity index (χ2n) is 6.92. The van der Waals surface area contributed by atoms with Crippen molar-refractivity contribution >= 4 is 51.4 Å². The number of anilines is 1. The van der Waals surface area contributed by atoms with Crippen LogP contribution in [0.1, 0.15) is 47.9 Å². The maximum absolute atomic E-state index is 12.1. The topological polar surface area (TPSA) is 96.9 Å². The second kappa shape index (κ2) is 10.1. The van der Waals surface area contributed by atoms with Crippen LogP contribution in [0.2, 0.25) is 0 Å². The molecular formula is C20H21N5O2S3. The minimum atomic E-state index is -0.245. The first-order valence-electron chi connectivity index (χ1n) is 9.67. The Morgan fingerprint density at radius 2 is 1.90 bits per heavy atom. The molecule has 4 rings (SSSR count). The van der Waals surface area contributed by atoms with Crippen molar-refractivity contribution in [3.63, 3.8) is 0 Å². The highest BCUT2D eigenvalue weighted by atomic mass is 32.2. The quantitative estimate of drug-likeness (QED) is 0.348. The fraction of sp³-hybridized carbons (Fsp3) is 0.350. The summed E-state index contributed by atoms with van der Waals surface area (Å²) < 4.78 is 0.792. The van der Waals surface area contributed by atoms with Crippen molar-refractivity contribution in [3.8, 4) is 0 Å². The van der Waals surface area contributed by atoms with E-state index in [0.29, 0.717) is 17.6 Å². The van der Waals surface area contributed by atoms with Gasteiger partial charge in [0.05, 0.1) is 17.2 Å². The molecule has 1 aliphatic carbocycles. The van der Waals surface area contributed by atoms with Crippen LogP contribution >= 0.6 is 34.4 Å². The lowest BCUT2D eigenvalue weighted by Crippen LogP contribution is -2.24. The predicted octanol–water partition coefficient (Wildman–Crippen LogP) is 4.20. The third kappa shape index (κ3) is 6.35. The number of nitrogens with zero attached hydrogens (tertiary/aromatic N) is 3. The number of nitrogens with one attached hydrogen (secondary N) is 2. The zero-order chi connectivity index (χ0) is 20.8. The van der Waals surface area contributed by atoms with E-state index in [1.54, 1.807) is 23.1 Å². The van der Waals surface area contributed by atoms with Crippen LogP contribution in [0.5, 0.6) is 0 Å². The first-order valence-corrected chi connectivity index (χ1v) is 12.3. The average molecular weight is 460 g/mol. The number of hydrogen-bond donors (Lipinski definition) is 2.